The molecule has 1 aromatic carbocycles. The van der Waals surface area contributed by atoms with Gasteiger partial charge in [0.05, 0.1) is 12.8 Å². The molecule has 2 rings (SSSR count). The topological polar surface area (TPSA) is 57.4 Å². The van der Waals surface area contributed by atoms with E-state index in [4.69, 9.17) is 27.4 Å². The van der Waals surface area contributed by atoms with E-state index in [1.165, 1.54) is 0 Å². The Labute approximate surface area is 117 Å². The molecule has 2 N–H and O–H groups in total. The molecule has 0 spiro atoms. The van der Waals surface area contributed by atoms with Crippen LogP contribution in [0.25, 0.3) is 0 Å². The van der Waals surface area contributed by atoms with Crippen LogP contribution in [-0.4, -0.2) is 17.1 Å². The monoisotopic (exact) mass is 274 g/mol. The summed E-state index contributed by atoms with van der Waals surface area (Å²) >= 11 is 4.89. The highest BCUT2D eigenvalue weighted by molar-refractivity contribution is 7.80. The molecule has 98 valence electrons. The molecule has 0 atom stereocenters. The second kappa shape index (κ2) is 6.15. The predicted octanol–water partition coefficient (Wildman–Crippen LogP) is 2.30. The standard InChI is InChI=1S/C14H14N2O2S/c1-17-11-3-2-4-12(8-11)18-9-10-5-6-16-13(7-10)14(15)19/h2-8H,9H2,1H3,(H2,15,19). The summed E-state index contributed by atoms with van der Waals surface area (Å²) in [6.07, 6.45) is 1.67. The van der Waals surface area contributed by atoms with Crippen LogP contribution in [0.15, 0.2) is 42.6 Å². The lowest BCUT2D eigenvalue weighted by Crippen LogP contribution is -2.12. The lowest BCUT2D eigenvalue weighted by molar-refractivity contribution is 0.303. The van der Waals surface area contributed by atoms with Gasteiger partial charge in [-0.25, -0.2) is 0 Å². The summed E-state index contributed by atoms with van der Waals surface area (Å²) in [5.41, 5.74) is 7.10. The number of hydrogen-bond acceptors (Lipinski definition) is 4. The molecule has 0 aliphatic rings. The first-order chi connectivity index (χ1) is 9.19. The van der Waals surface area contributed by atoms with E-state index >= 15 is 0 Å². The highest BCUT2D eigenvalue weighted by Gasteiger charge is 2.02. The number of thiocarbonyl (C=S) groups is 1. The number of methoxy groups -OCH3 is 1. The van der Waals surface area contributed by atoms with Gasteiger partial charge < -0.3 is 15.2 Å². The fourth-order valence-corrected chi connectivity index (χ4v) is 1.67. The van der Waals surface area contributed by atoms with E-state index in [0.717, 1.165) is 17.1 Å². The fourth-order valence-electron chi connectivity index (χ4n) is 1.56. The van der Waals surface area contributed by atoms with E-state index < -0.39 is 0 Å². The lowest BCUT2D eigenvalue weighted by atomic mass is 10.2. The van der Waals surface area contributed by atoms with Crippen LogP contribution < -0.4 is 15.2 Å². The number of nitrogens with two attached hydrogens (primary N) is 1. The van der Waals surface area contributed by atoms with Gasteiger partial charge in [0, 0.05) is 12.3 Å². The Kier molecular flexibility index (Phi) is 4.30. The largest absolute Gasteiger partial charge is 0.497 e. The van der Waals surface area contributed by atoms with Crippen LogP contribution in [0.1, 0.15) is 11.3 Å². The van der Waals surface area contributed by atoms with Crippen molar-refractivity contribution in [3.05, 3.63) is 53.9 Å². The van der Waals surface area contributed by atoms with Gasteiger partial charge in [0.15, 0.2) is 0 Å². The number of benzene rings is 1. The number of pyridine rings is 1. The van der Waals surface area contributed by atoms with E-state index in [-0.39, 0.29) is 4.99 Å². The molecule has 0 saturated carbocycles. The zero-order chi connectivity index (χ0) is 13.7. The smallest absolute Gasteiger partial charge is 0.123 e. The number of rotatable bonds is 5. The van der Waals surface area contributed by atoms with Crippen molar-refractivity contribution in [2.75, 3.05) is 7.11 Å². The van der Waals surface area contributed by atoms with Crippen LogP contribution in [0.4, 0.5) is 0 Å². The van der Waals surface area contributed by atoms with Gasteiger partial charge in [-0.15, -0.1) is 0 Å². The molecular weight excluding hydrogens is 260 g/mol. The Morgan fingerprint density at radius 3 is 2.79 bits per heavy atom. The van der Waals surface area contributed by atoms with Crippen LogP contribution in [0, 0.1) is 0 Å². The molecule has 1 heterocycles. The molecule has 0 fully saturated rings. The van der Waals surface area contributed by atoms with Crippen molar-refractivity contribution in [3.8, 4) is 11.5 Å². The van der Waals surface area contributed by atoms with Gasteiger partial charge in [-0.1, -0.05) is 18.3 Å². The summed E-state index contributed by atoms with van der Waals surface area (Å²) in [7, 11) is 1.62. The highest BCUT2D eigenvalue weighted by Crippen LogP contribution is 2.19. The Morgan fingerprint density at radius 2 is 2.05 bits per heavy atom. The molecule has 0 aliphatic heterocycles. The minimum absolute atomic E-state index is 0.281. The van der Waals surface area contributed by atoms with Gasteiger partial charge in [0.2, 0.25) is 0 Å². The van der Waals surface area contributed by atoms with Crippen molar-refractivity contribution in [1.82, 2.24) is 4.98 Å². The predicted molar refractivity (Wildman–Crippen MR) is 77.5 cm³/mol. The van der Waals surface area contributed by atoms with Crippen LogP contribution >= 0.6 is 12.2 Å². The average molecular weight is 274 g/mol. The van der Waals surface area contributed by atoms with Crippen molar-refractivity contribution >= 4 is 17.2 Å². The van der Waals surface area contributed by atoms with Gasteiger partial charge in [-0.3, -0.25) is 4.98 Å². The van der Waals surface area contributed by atoms with Crippen LogP contribution in [0.3, 0.4) is 0 Å². The van der Waals surface area contributed by atoms with Crippen molar-refractivity contribution in [1.29, 1.82) is 0 Å². The first-order valence-corrected chi connectivity index (χ1v) is 6.11. The highest BCUT2D eigenvalue weighted by atomic mass is 32.1. The zero-order valence-electron chi connectivity index (χ0n) is 10.5. The molecule has 5 heteroatoms. The molecule has 0 aliphatic carbocycles. The first kappa shape index (κ1) is 13.3. The second-order valence-corrected chi connectivity index (χ2v) is 4.32. The Bertz CT molecular complexity index is 587. The molecule has 0 radical (unpaired) electrons. The molecule has 19 heavy (non-hydrogen) atoms. The minimum atomic E-state index is 0.281. The maximum atomic E-state index is 5.68. The molecule has 0 saturated heterocycles. The SMILES string of the molecule is COc1cccc(OCc2ccnc(C(N)=S)c2)c1. The number of hydrogen-bond donors (Lipinski definition) is 1. The molecule has 2 aromatic rings. The second-order valence-electron chi connectivity index (χ2n) is 3.88. The van der Waals surface area contributed by atoms with Crippen LogP contribution in [0.2, 0.25) is 0 Å². The van der Waals surface area contributed by atoms with E-state index in [9.17, 15) is 0 Å². The van der Waals surface area contributed by atoms with Gasteiger partial charge in [0.1, 0.15) is 23.1 Å². The van der Waals surface area contributed by atoms with Gasteiger partial charge >= 0.3 is 0 Å². The maximum absolute atomic E-state index is 5.68. The lowest BCUT2D eigenvalue weighted by Gasteiger charge is -2.08. The van der Waals surface area contributed by atoms with Gasteiger partial charge in [-0.2, -0.15) is 0 Å². The Hall–Kier alpha value is -2.14. The van der Waals surface area contributed by atoms with E-state index in [0.29, 0.717) is 12.3 Å². The van der Waals surface area contributed by atoms with E-state index in [1.54, 1.807) is 13.3 Å². The molecule has 0 amide bonds. The minimum Gasteiger partial charge on any atom is -0.497 e. The molecule has 0 unspecified atom stereocenters. The summed E-state index contributed by atoms with van der Waals surface area (Å²) in [4.78, 5) is 4.36. The number of nitrogens with zero attached hydrogens (tertiary/aromatic N) is 1. The molecular formula is C14H14N2O2S. The summed E-state index contributed by atoms with van der Waals surface area (Å²) in [6, 6.07) is 11.1. The normalized spacial score (nSPS) is 9.95. The average Bonchev–Trinajstić information content (AvgIpc) is 2.45. The van der Waals surface area contributed by atoms with Gasteiger partial charge in [-0.05, 0) is 29.8 Å². The number of ether oxygens (including phenoxy) is 2. The Morgan fingerprint density at radius 1 is 1.26 bits per heavy atom. The number of aromatic nitrogens is 1. The quantitative estimate of drug-likeness (QED) is 0.848. The third-order valence-electron chi connectivity index (χ3n) is 2.52. The van der Waals surface area contributed by atoms with Gasteiger partial charge in [0.25, 0.3) is 0 Å². The summed E-state index contributed by atoms with van der Waals surface area (Å²) < 4.78 is 10.8. The summed E-state index contributed by atoms with van der Waals surface area (Å²) in [6.45, 7) is 0.422. The zero-order valence-corrected chi connectivity index (χ0v) is 11.3. The van der Waals surface area contributed by atoms with Crippen LogP contribution in [-0.2, 0) is 6.61 Å². The van der Waals surface area contributed by atoms with Crippen LogP contribution in [0.5, 0.6) is 11.5 Å². The summed E-state index contributed by atoms with van der Waals surface area (Å²) in [5.74, 6) is 1.50. The first-order valence-electron chi connectivity index (χ1n) is 5.70. The maximum Gasteiger partial charge on any atom is 0.123 e. The third kappa shape index (κ3) is 3.66. The Balaban J connectivity index is 2.05. The van der Waals surface area contributed by atoms with Crippen molar-refractivity contribution < 1.29 is 9.47 Å². The van der Waals surface area contributed by atoms with E-state index in [1.807, 2.05) is 36.4 Å². The molecule has 1 aromatic heterocycles. The fraction of sp³-hybridized carbons (Fsp3) is 0.143. The molecule has 0 bridgehead atoms. The van der Waals surface area contributed by atoms with Crippen molar-refractivity contribution in [2.24, 2.45) is 5.73 Å². The van der Waals surface area contributed by atoms with Crippen molar-refractivity contribution in [3.63, 3.8) is 0 Å². The third-order valence-corrected chi connectivity index (χ3v) is 2.73. The van der Waals surface area contributed by atoms with E-state index in [2.05, 4.69) is 4.98 Å². The molecule has 4 nitrogen and oxygen atoms in total. The summed E-state index contributed by atoms with van der Waals surface area (Å²) in [5, 5.41) is 0. The van der Waals surface area contributed by atoms with Crippen molar-refractivity contribution in [2.45, 2.75) is 6.61 Å².